The van der Waals surface area contributed by atoms with Crippen molar-refractivity contribution in [1.82, 2.24) is 45.2 Å². The number of rotatable bonds is 14. The summed E-state index contributed by atoms with van der Waals surface area (Å²) in [6, 6.07) is 13.2. The number of aromatic amines is 1. The number of hydrogen-bond acceptors (Lipinski definition) is 10. The van der Waals surface area contributed by atoms with E-state index in [0.29, 0.717) is 54.7 Å². The highest BCUT2D eigenvalue weighted by molar-refractivity contribution is 5.97. The van der Waals surface area contributed by atoms with Crippen molar-refractivity contribution in [3.63, 3.8) is 0 Å². The molecule has 6 rings (SSSR count). The number of benzene rings is 2. The number of nitrogens with two attached hydrogens (primary N) is 1. The summed E-state index contributed by atoms with van der Waals surface area (Å²) in [5.41, 5.74) is 8.85. The lowest BCUT2D eigenvalue weighted by Gasteiger charge is -2.35. The molecule has 3 amide bonds. The largest absolute Gasteiger partial charge is 0.397 e. The van der Waals surface area contributed by atoms with Crippen molar-refractivity contribution in [2.75, 3.05) is 64.8 Å². The minimum absolute atomic E-state index is 0.0522. The Labute approximate surface area is 304 Å². The Hall–Kier alpha value is -6.00. The second-order valence-electron chi connectivity index (χ2n) is 12.5. The van der Waals surface area contributed by atoms with Gasteiger partial charge >= 0.3 is 0 Å². The maximum absolute atomic E-state index is 14.9. The number of piperazine rings is 1. The molecule has 16 heteroatoms. The van der Waals surface area contributed by atoms with Crippen LogP contribution in [-0.2, 0) is 22.5 Å². The number of carbonyl (C=O) groups is 3. The third-order valence-electron chi connectivity index (χ3n) is 8.99. The van der Waals surface area contributed by atoms with Crippen LogP contribution in [0.15, 0.2) is 72.0 Å². The number of fused-ring (bicyclic) bond motifs is 1. The molecular formula is C37H41FN10O5. The van der Waals surface area contributed by atoms with Crippen LogP contribution in [-0.4, -0.2) is 111 Å². The molecular weight excluding hydrogens is 683 g/mol. The van der Waals surface area contributed by atoms with Crippen LogP contribution in [0.25, 0.3) is 22.0 Å². The zero-order valence-electron chi connectivity index (χ0n) is 29.3. The van der Waals surface area contributed by atoms with E-state index >= 15 is 0 Å². The second-order valence-corrected chi connectivity index (χ2v) is 12.5. The highest BCUT2D eigenvalue weighted by Gasteiger charge is 2.26. The first-order valence-electron chi connectivity index (χ1n) is 17.4. The first-order valence-corrected chi connectivity index (χ1v) is 17.4. The minimum Gasteiger partial charge on any atom is -0.397 e. The van der Waals surface area contributed by atoms with Crippen LogP contribution in [0.1, 0.15) is 39.0 Å². The fourth-order valence-electron chi connectivity index (χ4n) is 6.04. The molecule has 1 aliphatic heterocycles. The zero-order valence-corrected chi connectivity index (χ0v) is 29.3. The summed E-state index contributed by atoms with van der Waals surface area (Å²) >= 11 is 0. The summed E-state index contributed by atoms with van der Waals surface area (Å²) in [7, 11) is 0. The Kier molecular flexibility index (Phi) is 11.8. The van der Waals surface area contributed by atoms with Crippen molar-refractivity contribution < 1.29 is 23.5 Å². The van der Waals surface area contributed by atoms with Crippen LogP contribution in [0.5, 0.6) is 0 Å². The van der Waals surface area contributed by atoms with Crippen LogP contribution in [0.3, 0.4) is 0 Å². The molecule has 0 radical (unpaired) electrons. The Balaban J connectivity index is 0.878. The van der Waals surface area contributed by atoms with E-state index in [1.165, 1.54) is 12.1 Å². The van der Waals surface area contributed by atoms with E-state index in [9.17, 15) is 23.6 Å². The Morgan fingerprint density at radius 1 is 0.981 bits per heavy atom. The number of aromatic nitrogens is 5. The number of carbonyl (C=O) groups excluding carboxylic acids is 3. The molecule has 0 aliphatic carbocycles. The zero-order chi connectivity index (χ0) is 37.3. The molecule has 53 heavy (non-hydrogen) atoms. The molecule has 0 spiro atoms. The van der Waals surface area contributed by atoms with Crippen molar-refractivity contribution in [1.29, 1.82) is 0 Å². The third-order valence-corrected chi connectivity index (χ3v) is 8.99. The molecule has 5 aromatic rings. The number of nitrogens with zero attached hydrogens (tertiary/aromatic N) is 6. The van der Waals surface area contributed by atoms with Crippen molar-refractivity contribution in [2.24, 2.45) is 0 Å². The van der Waals surface area contributed by atoms with E-state index in [1.54, 1.807) is 52.7 Å². The Bertz CT molecular complexity index is 2160. The van der Waals surface area contributed by atoms with Crippen LogP contribution >= 0.6 is 0 Å². The average Bonchev–Trinajstić information content (AvgIpc) is 3.67. The van der Waals surface area contributed by atoms with Gasteiger partial charge < -0.3 is 35.5 Å². The summed E-state index contributed by atoms with van der Waals surface area (Å²) in [6.07, 6.45) is 5.47. The fraction of sp³-hybridized carbons (Fsp3) is 0.324. The van der Waals surface area contributed by atoms with E-state index in [1.807, 2.05) is 23.8 Å². The lowest BCUT2D eigenvalue weighted by molar-refractivity contribution is -0.131. The molecule has 0 atom stereocenters. The number of aryl methyl sites for hydroxylation is 1. The molecule has 5 N–H and O–H groups in total. The van der Waals surface area contributed by atoms with Crippen molar-refractivity contribution in [2.45, 2.75) is 19.9 Å². The van der Waals surface area contributed by atoms with Crippen molar-refractivity contribution >= 4 is 34.2 Å². The minimum atomic E-state index is -0.630. The molecule has 1 aliphatic rings. The molecule has 0 unspecified atom stereocenters. The van der Waals surface area contributed by atoms with Gasteiger partial charge in [-0.2, -0.15) is 5.10 Å². The SMILES string of the molecule is CCn1cnc(-c2cnc(C(=O)NCCOCCNCC(=O)N3CCN(C(=O)c4cc(Cc5n[nH]c(=O)c6ccccc56)ccc4F)CC3)c(N)c2)c1. The predicted molar refractivity (Wildman–Crippen MR) is 196 cm³/mol. The van der Waals surface area contributed by atoms with Gasteiger partial charge in [-0.25, -0.2) is 19.5 Å². The summed E-state index contributed by atoms with van der Waals surface area (Å²) in [5.74, 6) is -1.60. The number of nitrogens with one attached hydrogen (secondary N) is 3. The molecule has 276 valence electrons. The molecule has 15 nitrogen and oxygen atoms in total. The highest BCUT2D eigenvalue weighted by atomic mass is 19.1. The number of imidazole rings is 1. The van der Waals surface area contributed by atoms with Crippen LogP contribution < -0.4 is 21.9 Å². The van der Waals surface area contributed by atoms with Gasteiger partial charge in [-0.1, -0.05) is 24.3 Å². The summed E-state index contributed by atoms with van der Waals surface area (Å²) < 4.78 is 22.4. The summed E-state index contributed by atoms with van der Waals surface area (Å²) in [4.78, 5) is 62.6. The molecule has 0 saturated carbocycles. The van der Waals surface area contributed by atoms with Gasteiger partial charge in [0.15, 0.2) is 5.69 Å². The van der Waals surface area contributed by atoms with Gasteiger partial charge in [0.1, 0.15) is 5.82 Å². The lowest BCUT2D eigenvalue weighted by atomic mass is 10.0. The Morgan fingerprint density at radius 3 is 2.49 bits per heavy atom. The van der Waals surface area contributed by atoms with Gasteiger partial charge in [0.25, 0.3) is 17.4 Å². The predicted octanol–water partition coefficient (Wildman–Crippen LogP) is 1.83. The fourth-order valence-corrected chi connectivity index (χ4v) is 6.04. The quantitative estimate of drug-likeness (QED) is 0.123. The molecule has 4 heterocycles. The van der Waals surface area contributed by atoms with Crippen LogP contribution in [0.4, 0.5) is 10.1 Å². The Morgan fingerprint density at radius 2 is 1.74 bits per heavy atom. The molecule has 2 aromatic carbocycles. The molecule has 1 fully saturated rings. The van der Waals surface area contributed by atoms with E-state index in [2.05, 4.69) is 30.8 Å². The first kappa shape index (κ1) is 36.8. The maximum atomic E-state index is 14.9. The van der Waals surface area contributed by atoms with E-state index in [0.717, 1.165) is 17.8 Å². The first-order chi connectivity index (χ1) is 25.7. The van der Waals surface area contributed by atoms with E-state index < -0.39 is 17.6 Å². The van der Waals surface area contributed by atoms with Crippen LogP contribution in [0, 0.1) is 5.82 Å². The standard InChI is InChI=1S/C37H41FN10O5/c1-2-46-22-32(43-23-46)25-19-30(39)34(42-20-25)36(51)41-10-16-53-15-9-40-21-33(49)47-11-13-48(14-12-47)37(52)28-17-24(7-8-29(28)38)18-31-26-5-3-4-6-27(26)35(50)45-44-31/h3-8,17,19-20,22-23,40H,2,9-16,18,21,39H2,1H3,(H,41,51)(H,45,50). The van der Waals surface area contributed by atoms with E-state index in [-0.39, 0.29) is 61.2 Å². The highest BCUT2D eigenvalue weighted by Crippen LogP contribution is 2.22. The monoisotopic (exact) mass is 724 g/mol. The smallest absolute Gasteiger partial charge is 0.272 e. The summed E-state index contributed by atoms with van der Waals surface area (Å²) in [6.45, 7) is 5.33. The van der Waals surface area contributed by atoms with Crippen LogP contribution in [0.2, 0.25) is 0 Å². The number of nitrogen functional groups attached to an aromatic ring is 1. The average molecular weight is 725 g/mol. The number of ether oxygens (including phenoxy) is 1. The number of pyridine rings is 1. The molecule has 3 aromatic heterocycles. The van der Waals surface area contributed by atoms with Gasteiger partial charge in [0.05, 0.1) is 54.1 Å². The topological polar surface area (TPSA) is 193 Å². The van der Waals surface area contributed by atoms with E-state index in [4.69, 9.17) is 10.5 Å². The van der Waals surface area contributed by atoms with Gasteiger partial charge in [-0.05, 0) is 36.8 Å². The third kappa shape index (κ3) is 8.91. The number of amides is 3. The number of halogens is 1. The lowest BCUT2D eigenvalue weighted by Crippen LogP contribution is -2.52. The maximum Gasteiger partial charge on any atom is 0.272 e. The summed E-state index contributed by atoms with van der Waals surface area (Å²) in [5, 5.41) is 13.7. The normalized spacial score (nSPS) is 13.0. The van der Waals surface area contributed by atoms with Gasteiger partial charge in [-0.15, -0.1) is 0 Å². The van der Waals surface area contributed by atoms with Crippen molar-refractivity contribution in [3.05, 3.63) is 106 Å². The number of H-pyrrole nitrogens is 1. The molecule has 0 bridgehead atoms. The number of anilines is 1. The number of hydrogen-bond donors (Lipinski definition) is 4. The van der Waals surface area contributed by atoms with Crippen molar-refractivity contribution in [3.8, 4) is 11.3 Å². The van der Waals surface area contributed by atoms with Gasteiger partial charge in [0.2, 0.25) is 5.91 Å². The van der Waals surface area contributed by atoms with Gasteiger partial charge in [-0.3, -0.25) is 19.2 Å². The van der Waals surface area contributed by atoms with Gasteiger partial charge in [0, 0.05) is 75.6 Å². The molecule has 1 saturated heterocycles. The second kappa shape index (κ2) is 17.0.